The number of piperidine rings is 1. The lowest BCUT2D eigenvalue weighted by molar-refractivity contribution is 0.0948. The van der Waals surface area contributed by atoms with E-state index >= 15 is 0 Å². The molecule has 0 bridgehead atoms. The Labute approximate surface area is 185 Å². The standard InChI is InChI=1S/C27H33N3O/c1-21-12-9-10-18-29(21)19-11-17-28-27(31)25-20-26(23-13-5-3-6-14-23)30(22(25)2)24-15-7-4-8-16-24/h3-8,13-16,20-21H,9-12,17-19H2,1-2H3,(H,28,31). The first-order valence-electron chi connectivity index (χ1n) is 11.5. The van der Waals surface area contributed by atoms with Gasteiger partial charge in [0.25, 0.3) is 5.91 Å². The van der Waals surface area contributed by atoms with Gasteiger partial charge in [0.05, 0.1) is 11.3 Å². The number of benzene rings is 2. The molecule has 31 heavy (non-hydrogen) atoms. The normalized spacial score (nSPS) is 16.9. The first-order chi connectivity index (χ1) is 15.1. The molecule has 1 unspecified atom stereocenters. The molecular weight excluding hydrogens is 382 g/mol. The van der Waals surface area contributed by atoms with Crippen LogP contribution in [0.2, 0.25) is 0 Å². The van der Waals surface area contributed by atoms with Crippen LogP contribution in [-0.2, 0) is 0 Å². The van der Waals surface area contributed by atoms with Crippen LogP contribution >= 0.6 is 0 Å². The summed E-state index contributed by atoms with van der Waals surface area (Å²) in [6, 6.07) is 23.2. The molecular formula is C27H33N3O. The smallest absolute Gasteiger partial charge is 0.253 e. The topological polar surface area (TPSA) is 37.3 Å². The van der Waals surface area contributed by atoms with Crippen LogP contribution < -0.4 is 5.32 Å². The monoisotopic (exact) mass is 415 g/mol. The predicted molar refractivity (Wildman–Crippen MR) is 128 cm³/mol. The molecule has 1 atom stereocenters. The molecule has 4 heteroatoms. The summed E-state index contributed by atoms with van der Waals surface area (Å²) in [7, 11) is 0. The van der Waals surface area contributed by atoms with Crippen LogP contribution in [0, 0.1) is 6.92 Å². The zero-order chi connectivity index (χ0) is 21.6. The third kappa shape index (κ3) is 4.91. The fraction of sp³-hybridized carbons (Fsp3) is 0.370. The van der Waals surface area contributed by atoms with Gasteiger partial charge in [-0.25, -0.2) is 0 Å². The molecule has 4 nitrogen and oxygen atoms in total. The van der Waals surface area contributed by atoms with Crippen LogP contribution in [0.15, 0.2) is 66.7 Å². The fourth-order valence-corrected chi connectivity index (χ4v) is 4.64. The largest absolute Gasteiger partial charge is 0.352 e. The Morgan fingerprint density at radius 3 is 2.45 bits per heavy atom. The molecule has 1 amide bonds. The van der Waals surface area contributed by atoms with Gasteiger partial charge in [-0.15, -0.1) is 0 Å². The second-order valence-corrected chi connectivity index (χ2v) is 8.56. The fourth-order valence-electron chi connectivity index (χ4n) is 4.64. The van der Waals surface area contributed by atoms with E-state index in [0.717, 1.165) is 41.2 Å². The van der Waals surface area contributed by atoms with Crippen molar-refractivity contribution in [1.82, 2.24) is 14.8 Å². The summed E-state index contributed by atoms with van der Waals surface area (Å²) < 4.78 is 2.18. The van der Waals surface area contributed by atoms with Crippen LogP contribution in [0.1, 0.15) is 48.7 Å². The van der Waals surface area contributed by atoms with Crippen LogP contribution in [-0.4, -0.2) is 41.1 Å². The summed E-state index contributed by atoms with van der Waals surface area (Å²) in [6.45, 7) is 7.30. The number of para-hydroxylation sites is 1. The number of nitrogens with one attached hydrogen (secondary N) is 1. The van der Waals surface area contributed by atoms with Crippen molar-refractivity contribution in [1.29, 1.82) is 0 Å². The van der Waals surface area contributed by atoms with E-state index in [4.69, 9.17) is 0 Å². The molecule has 2 aromatic carbocycles. The quantitative estimate of drug-likeness (QED) is 0.521. The highest BCUT2D eigenvalue weighted by atomic mass is 16.1. The van der Waals surface area contributed by atoms with Crippen molar-refractivity contribution in [3.8, 4) is 16.9 Å². The number of aromatic nitrogens is 1. The number of rotatable bonds is 7. The molecule has 1 aromatic heterocycles. The molecule has 1 saturated heterocycles. The van der Waals surface area contributed by atoms with Gasteiger partial charge in [-0.3, -0.25) is 4.79 Å². The van der Waals surface area contributed by atoms with Crippen molar-refractivity contribution in [2.75, 3.05) is 19.6 Å². The van der Waals surface area contributed by atoms with Gasteiger partial charge in [0.1, 0.15) is 0 Å². The highest BCUT2D eigenvalue weighted by Crippen LogP contribution is 2.29. The number of likely N-dealkylation sites (tertiary alicyclic amines) is 1. The van der Waals surface area contributed by atoms with E-state index in [1.54, 1.807) is 0 Å². The van der Waals surface area contributed by atoms with E-state index in [-0.39, 0.29) is 5.91 Å². The number of hydrogen-bond acceptors (Lipinski definition) is 2. The summed E-state index contributed by atoms with van der Waals surface area (Å²) in [5, 5.41) is 3.16. The van der Waals surface area contributed by atoms with Gasteiger partial charge < -0.3 is 14.8 Å². The van der Waals surface area contributed by atoms with E-state index in [1.165, 1.54) is 25.8 Å². The number of hydrogen-bond donors (Lipinski definition) is 1. The zero-order valence-corrected chi connectivity index (χ0v) is 18.7. The average Bonchev–Trinajstić information content (AvgIpc) is 3.16. The van der Waals surface area contributed by atoms with Crippen molar-refractivity contribution in [2.24, 2.45) is 0 Å². The maximum atomic E-state index is 13.1. The van der Waals surface area contributed by atoms with Crippen LogP contribution in [0.25, 0.3) is 16.9 Å². The van der Waals surface area contributed by atoms with Crippen molar-refractivity contribution in [3.05, 3.63) is 78.0 Å². The molecule has 0 radical (unpaired) electrons. The minimum absolute atomic E-state index is 0.0102. The average molecular weight is 416 g/mol. The molecule has 4 rings (SSSR count). The summed E-state index contributed by atoms with van der Waals surface area (Å²) >= 11 is 0. The van der Waals surface area contributed by atoms with Crippen molar-refractivity contribution < 1.29 is 4.79 Å². The van der Waals surface area contributed by atoms with Gasteiger partial charge in [0.2, 0.25) is 0 Å². The zero-order valence-electron chi connectivity index (χ0n) is 18.7. The van der Waals surface area contributed by atoms with E-state index in [0.29, 0.717) is 12.6 Å². The van der Waals surface area contributed by atoms with Crippen molar-refractivity contribution in [3.63, 3.8) is 0 Å². The van der Waals surface area contributed by atoms with Crippen LogP contribution in [0.4, 0.5) is 0 Å². The van der Waals surface area contributed by atoms with Gasteiger partial charge in [-0.05, 0) is 63.4 Å². The summed E-state index contributed by atoms with van der Waals surface area (Å²) in [5.41, 5.74) is 4.92. The molecule has 2 heterocycles. The van der Waals surface area contributed by atoms with Crippen LogP contribution in [0.3, 0.4) is 0 Å². The third-order valence-electron chi connectivity index (χ3n) is 6.42. The van der Waals surface area contributed by atoms with Gasteiger partial charge in [-0.1, -0.05) is 55.0 Å². The second-order valence-electron chi connectivity index (χ2n) is 8.56. The maximum Gasteiger partial charge on any atom is 0.253 e. The maximum absolute atomic E-state index is 13.1. The molecule has 0 spiro atoms. The Morgan fingerprint density at radius 1 is 1.03 bits per heavy atom. The summed E-state index contributed by atoms with van der Waals surface area (Å²) in [5.74, 6) is 0.0102. The first-order valence-corrected chi connectivity index (χ1v) is 11.5. The van der Waals surface area contributed by atoms with Crippen molar-refractivity contribution in [2.45, 2.75) is 45.6 Å². The predicted octanol–water partition coefficient (Wildman–Crippen LogP) is 5.45. The molecule has 3 aromatic rings. The third-order valence-corrected chi connectivity index (χ3v) is 6.42. The van der Waals surface area contributed by atoms with Gasteiger partial charge in [-0.2, -0.15) is 0 Å². The minimum atomic E-state index is 0.0102. The Bertz CT molecular complexity index is 994. The second kappa shape index (κ2) is 9.97. The molecule has 1 fully saturated rings. The highest BCUT2D eigenvalue weighted by Gasteiger charge is 2.20. The Balaban J connectivity index is 1.50. The molecule has 162 valence electrons. The van der Waals surface area contributed by atoms with Crippen molar-refractivity contribution >= 4 is 5.91 Å². The molecule has 1 aliphatic heterocycles. The lowest BCUT2D eigenvalue weighted by atomic mass is 10.0. The highest BCUT2D eigenvalue weighted by molar-refractivity contribution is 5.97. The Kier molecular flexibility index (Phi) is 6.88. The number of nitrogens with zero attached hydrogens (tertiary/aromatic N) is 2. The molecule has 0 saturated carbocycles. The lowest BCUT2D eigenvalue weighted by Gasteiger charge is -2.33. The van der Waals surface area contributed by atoms with Gasteiger partial charge >= 0.3 is 0 Å². The lowest BCUT2D eigenvalue weighted by Crippen LogP contribution is -2.39. The van der Waals surface area contributed by atoms with Gasteiger partial charge in [0, 0.05) is 30.5 Å². The SMILES string of the molecule is Cc1c(C(=O)NCCCN2CCCCC2C)cc(-c2ccccc2)n1-c1ccccc1. The number of carbonyl (C=O) groups excluding carboxylic acids is 1. The molecule has 1 N–H and O–H groups in total. The number of amides is 1. The van der Waals surface area contributed by atoms with E-state index in [1.807, 2.05) is 49.4 Å². The van der Waals surface area contributed by atoms with E-state index < -0.39 is 0 Å². The Morgan fingerprint density at radius 2 is 1.74 bits per heavy atom. The Hall–Kier alpha value is -2.85. The first kappa shape index (κ1) is 21.4. The summed E-state index contributed by atoms with van der Waals surface area (Å²) in [4.78, 5) is 15.6. The molecule has 0 aliphatic carbocycles. The van der Waals surface area contributed by atoms with E-state index in [9.17, 15) is 4.79 Å². The van der Waals surface area contributed by atoms with E-state index in [2.05, 4.69) is 46.0 Å². The summed E-state index contributed by atoms with van der Waals surface area (Å²) in [6.07, 6.45) is 4.92. The molecule has 1 aliphatic rings. The van der Waals surface area contributed by atoms with Crippen LogP contribution in [0.5, 0.6) is 0 Å². The minimum Gasteiger partial charge on any atom is -0.352 e. The number of carbonyl (C=O) groups is 1. The van der Waals surface area contributed by atoms with Gasteiger partial charge in [0.15, 0.2) is 0 Å².